The maximum atomic E-state index is 12.4. The first-order valence-corrected chi connectivity index (χ1v) is 8.89. The lowest BCUT2D eigenvalue weighted by Gasteiger charge is -2.15. The number of aryl methyl sites for hydroxylation is 2. The highest BCUT2D eigenvalue weighted by atomic mass is 16.2. The first-order chi connectivity index (χ1) is 13.0. The molecule has 0 aliphatic heterocycles. The fourth-order valence-corrected chi connectivity index (χ4v) is 2.92. The highest BCUT2D eigenvalue weighted by Gasteiger charge is 2.17. The zero-order valence-corrected chi connectivity index (χ0v) is 15.4. The number of hydrogen-bond donors (Lipinski definition) is 3. The summed E-state index contributed by atoms with van der Waals surface area (Å²) in [6.45, 7) is 3.69. The molecular formula is C20H23N5O2. The van der Waals surface area contributed by atoms with Gasteiger partial charge >= 0.3 is 6.03 Å². The Labute approximate surface area is 157 Å². The van der Waals surface area contributed by atoms with Crippen molar-refractivity contribution < 1.29 is 9.59 Å². The van der Waals surface area contributed by atoms with E-state index in [-0.39, 0.29) is 6.04 Å². The molecule has 3 rings (SSSR count). The van der Waals surface area contributed by atoms with E-state index in [2.05, 4.69) is 33.3 Å². The molecule has 7 heteroatoms. The van der Waals surface area contributed by atoms with Crippen molar-refractivity contribution in [2.75, 3.05) is 0 Å². The predicted molar refractivity (Wildman–Crippen MR) is 103 cm³/mol. The number of carbonyl (C=O) groups excluding carboxylic acids is 2. The van der Waals surface area contributed by atoms with Gasteiger partial charge in [0.2, 0.25) is 0 Å². The maximum absolute atomic E-state index is 12.4. The first kappa shape index (κ1) is 18.4. The number of aromatic nitrogens is 2. The minimum atomic E-state index is -0.449. The molecule has 1 atom stereocenters. The van der Waals surface area contributed by atoms with Gasteiger partial charge in [-0.25, -0.2) is 15.2 Å². The Morgan fingerprint density at radius 3 is 2.59 bits per heavy atom. The minimum Gasteiger partial charge on any atom is -0.334 e. The summed E-state index contributed by atoms with van der Waals surface area (Å²) in [7, 11) is 0. The van der Waals surface area contributed by atoms with E-state index >= 15 is 0 Å². The molecule has 2 heterocycles. The van der Waals surface area contributed by atoms with Crippen LogP contribution in [-0.4, -0.2) is 27.4 Å². The molecule has 0 saturated carbocycles. The first-order valence-electron chi connectivity index (χ1n) is 8.89. The Kier molecular flexibility index (Phi) is 5.71. The molecule has 3 aromatic rings. The number of hydrazine groups is 1. The fraction of sp³-hybridized carbons (Fsp3) is 0.250. The normalized spacial score (nSPS) is 11.8. The lowest BCUT2D eigenvalue weighted by Crippen LogP contribution is -2.49. The average Bonchev–Trinajstić information content (AvgIpc) is 3.01. The van der Waals surface area contributed by atoms with Crippen molar-refractivity contribution in [1.82, 2.24) is 25.6 Å². The molecular weight excluding hydrogens is 342 g/mol. The third-order valence-electron chi connectivity index (χ3n) is 4.30. The smallest absolute Gasteiger partial charge is 0.333 e. The van der Waals surface area contributed by atoms with Crippen LogP contribution in [-0.2, 0) is 6.42 Å². The van der Waals surface area contributed by atoms with Crippen LogP contribution in [0, 0.1) is 6.92 Å². The van der Waals surface area contributed by atoms with Crippen LogP contribution in [0.1, 0.15) is 35.1 Å². The van der Waals surface area contributed by atoms with Gasteiger partial charge in [0, 0.05) is 12.2 Å². The van der Waals surface area contributed by atoms with E-state index in [4.69, 9.17) is 0 Å². The topological polar surface area (TPSA) is 87.5 Å². The second-order valence-corrected chi connectivity index (χ2v) is 6.45. The lowest BCUT2D eigenvalue weighted by molar-refractivity contribution is 0.0929. The van der Waals surface area contributed by atoms with Gasteiger partial charge in [-0.05, 0) is 44.4 Å². The standard InChI is InChI=1S/C20H23N5O2/c1-14(11-12-16-8-4-3-5-9-16)21-20(27)24-23-19(26)18-15(2)22-17-10-6-7-13-25(17)18/h3-10,13-14H,11-12H2,1-2H3,(H,23,26)(H2,21,24,27)/t14-/m1/s1. The molecule has 0 bridgehead atoms. The van der Waals surface area contributed by atoms with E-state index < -0.39 is 11.9 Å². The number of imidazole rings is 1. The number of urea groups is 1. The molecule has 27 heavy (non-hydrogen) atoms. The molecule has 0 unspecified atom stereocenters. The second kappa shape index (κ2) is 8.35. The number of carbonyl (C=O) groups is 2. The van der Waals surface area contributed by atoms with Crippen LogP contribution in [0.2, 0.25) is 0 Å². The predicted octanol–water partition coefficient (Wildman–Crippen LogP) is 2.61. The summed E-state index contributed by atoms with van der Waals surface area (Å²) in [5.74, 6) is -0.418. The molecule has 140 valence electrons. The average molecular weight is 365 g/mol. The Morgan fingerprint density at radius 1 is 1.07 bits per heavy atom. The molecule has 0 aliphatic rings. The van der Waals surface area contributed by atoms with Crippen molar-refractivity contribution in [1.29, 1.82) is 0 Å². The van der Waals surface area contributed by atoms with Crippen LogP contribution in [0.25, 0.3) is 5.65 Å². The summed E-state index contributed by atoms with van der Waals surface area (Å²) in [4.78, 5) is 28.8. The lowest BCUT2D eigenvalue weighted by atomic mass is 10.1. The van der Waals surface area contributed by atoms with Crippen molar-refractivity contribution in [3.8, 4) is 0 Å². The van der Waals surface area contributed by atoms with Gasteiger partial charge < -0.3 is 5.32 Å². The molecule has 7 nitrogen and oxygen atoms in total. The van der Waals surface area contributed by atoms with E-state index in [0.717, 1.165) is 12.8 Å². The Hall–Kier alpha value is -3.35. The summed E-state index contributed by atoms with van der Waals surface area (Å²) in [5, 5.41) is 2.82. The molecule has 1 aromatic carbocycles. The highest BCUT2D eigenvalue weighted by Crippen LogP contribution is 2.11. The molecule has 2 aromatic heterocycles. The number of benzene rings is 1. The molecule has 0 radical (unpaired) electrons. The number of nitrogens with one attached hydrogen (secondary N) is 3. The van der Waals surface area contributed by atoms with E-state index in [1.165, 1.54) is 5.56 Å². The molecule has 0 fully saturated rings. The zero-order valence-electron chi connectivity index (χ0n) is 15.4. The third kappa shape index (κ3) is 4.63. The summed E-state index contributed by atoms with van der Waals surface area (Å²) >= 11 is 0. The number of hydrogen-bond acceptors (Lipinski definition) is 3. The van der Waals surface area contributed by atoms with Gasteiger partial charge in [0.15, 0.2) is 0 Å². The maximum Gasteiger partial charge on any atom is 0.333 e. The van der Waals surface area contributed by atoms with Crippen LogP contribution in [0.4, 0.5) is 4.79 Å². The van der Waals surface area contributed by atoms with E-state index in [9.17, 15) is 9.59 Å². The van der Waals surface area contributed by atoms with Crippen molar-refractivity contribution >= 4 is 17.6 Å². The monoisotopic (exact) mass is 365 g/mol. The van der Waals surface area contributed by atoms with E-state index in [1.807, 2.05) is 43.3 Å². The van der Waals surface area contributed by atoms with E-state index in [1.54, 1.807) is 17.5 Å². The van der Waals surface area contributed by atoms with Gasteiger partial charge in [-0.1, -0.05) is 36.4 Å². The molecule has 0 spiro atoms. The molecule has 3 N–H and O–H groups in total. The number of pyridine rings is 1. The Morgan fingerprint density at radius 2 is 1.81 bits per heavy atom. The van der Waals surface area contributed by atoms with Crippen molar-refractivity contribution in [3.05, 3.63) is 71.7 Å². The fourth-order valence-electron chi connectivity index (χ4n) is 2.92. The SMILES string of the molecule is Cc1nc2ccccn2c1C(=O)NNC(=O)N[C@H](C)CCc1ccccc1. The van der Waals surface area contributed by atoms with Crippen molar-refractivity contribution in [3.63, 3.8) is 0 Å². The molecule has 3 amide bonds. The number of amides is 3. The van der Waals surface area contributed by atoms with E-state index in [0.29, 0.717) is 17.0 Å². The zero-order chi connectivity index (χ0) is 19.2. The van der Waals surface area contributed by atoms with Crippen LogP contribution < -0.4 is 16.2 Å². The third-order valence-corrected chi connectivity index (χ3v) is 4.30. The quantitative estimate of drug-likeness (QED) is 0.608. The Bertz CT molecular complexity index is 936. The van der Waals surface area contributed by atoms with Gasteiger partial charge in [-0.15, -0.1) is 0 Å². The minimum absolute atomic E-state index is 0.0281. The van der Waals surface area contributed by atoms with Gasteiger partial charge in [0.1, 0.15) is 11.3 Å². The van der Waals surface area contributed by atoms with Gasteiger partial charge in [-0.3, -0.25) is 14.6 Å². The van der Waals surface area contributed by atoms with Gasteiger partial charge in [-0.2, -0.15) is 0 Å². The van der Waals surface area contributed by atoms with Crippen LogP contribution >= 0.6 is 0 Å². The molecule has 0 aliphatic carbocycles. The highest BCUT2D eigenvalue weighted by molar-refractivity contribution is 5.95. The number of rotatable bonds is 5. The van der Waals surface area contributed by atoms with Crippen molar-refractivity contribution in [2.24, 2.45) is 0 Å². The summed E-state index contributed by atoms with van der Waals surface area (Å²) < 4.78 is 1.69. The number of nitrogens with zero attached hydrogens (tertiary/aromatic N) is 2. The summed E-state index contributed by atoms with van der Waals surface area (Å²) in [5.41, 5.74) is 7.73. The van der Waals surface area contributed by atoms with Crippen LogP contribution in [0.15, 0.2) is 54.7 Å². The largest absolute Gasteiger partial charge is 0.334 e. The van der Waals surface area contributed by atoms with Crippen LogP contribution in [0.3, 0.4) is 0 Å². The van der Waals surface area contributed by atoms with Crippen molar-refractivity contribution in [2.45, 2.75) is 32.7 Å². The van der Waals surface area contributed by atoms with Gasteiger partial charge in [0.05, 0.1) is 5.69 Å². The summed E-state index contributed by atoms with van der Waals surface area (Å²) in [6.07, 6.45) is 3.43. The van der Waals surface area contributed by atoms with Crippen LogP contribution in [0.5, 0.6) is 0 Å². The second-order valence-electron chi connectivity index (χ2n) is 6.45. The molecule has 0 saturated heterocycles. The van der Waals surface area contributed by atoms with Gasteiger partial charge in [0.25, 0.3) is 5.91 Å². The Balaban J connectivity index is 1.49. The number of fused-ring (bicyclic) bond motifs is 1. The summed E-state index contributed by atoms with van der Waals surface area (Å²) in [6, 6.07) is 15.1.